The maximum absolute atomic E-state index is 11.7. The fourth-order valence-electron chi connectivity index (χ4n) is 1.71. The standard InChI is InChI=1S/C12H19N3O/c1-4-15(5-2)11-7-6-9(13)8-10(11)12(16)14-3/h6-8H,4-5,13H2,1-3H3,(H,14,16). The van der Waals surface area contributed by atoms with Crippen LogP contribution in [0.5, 0.6) is 0 Å². The van der Waals surface area contributed by atoms with Crippen LogP contribution in [0.4, 0.5) is 11.4 Å². The predicted molar refractivity (Wildman–Crippen MR) is 67.8 cm³/mol. The van der Waals surface area contributed by atoms with E-state index < -0.39 is 0 Å². The largest absolute Gasteiger partial charge is 0.399 e. The Hall–Kier alpha value is -1.71. The highest BCUT2D eigenvalue weighted by Crippen LogP contribution is 2.22. The molecule has 3 N–H and O–H groups in total. The van der Waals surface area contributed by atoms with Crippen LogP contribution in [-0.4, -0.2) is 26.0 Å². The van der Waals surface area contributed by atoms with E-state index in [2.05, 4.69) is 24.1 Å². The van der Waals surface area contributed by atoms with Crippen molar-refractivity contribution in [3.8, 4) is 0 Å². The Bertz CT molecular complexity index is 373. The van der Waals surface area contributed by atoms with E-state index in [-0.39, 0.29) is 5.91 Å². The van der Waals surface area contributed by atoms with Crippen LogP contribution in [0.2, 0.25) is 0 Å². The molecule has 0 aliphatic heterocycles. The van der Waals surface area contributed by atoms with Gasteiger partial charge in [0.2, 0.25) is 0 Å². The van der Waals surface area contributed by atoms with E-state index >= 15 is 0 Å². The topological polar surface area (TPSA) is 58.4 Å². The molecule has 1 aromatic carbocycles. The molecule has 4 nitrogen and oxygen atoms in total. The van der Waals surface area contributed by atoms with E-state index in [0.29, 0.717) is 11.3 Å². The third-order valence-corrected chi connectivity index (χ3v) is 2.60. The third-order valence-electron chi connectivity index (χ3n) is 2.60. The van der Waals surface area contributed by atoms with Gasteiger partial charge < -0.3 is 16.0 Å². The molecule has 0 aliphatic carbocycles. The molecule has 0 radical (unpaired) electrons. The fraction of sp³-hybridized carbons (Fsp3) is 0.417. The van der Waals surface area contributed by atoms with Crippen molar-refractivity contribution >= 4 is 17.3 Å². The Balaban J connectivity index is 3.21. The Morgan fingerprint density at radius 2 is 2.00 bits per heavy atom. The van der Waals surface area contributed by atoms with Gasteiger partial charge in [-0.1, -0.05) is 0 Å². The van der Waals surface area contributed by atoms with Crippen molar-refractivity contribution in [3.63, 3.8) is 0 Å². The summed E-state index contributed by atoms with van der Waals surface area (Å²) in [6.45, 7) is 5.86. The molecule has 0 atom stereocenters. The van der Waals surface area contributed by atoms with E-state index in [9.17, 15) is 4.79 Å². The van der Waals surface area contributed by atoms with Crippen molar-refractivity contribution in [2.75, 3.05) is 30.8 Å². The summed E-state index contributed by atoms with van der Waals surface area (Å²) in [5.74, 6) is -0.103. The zero-order valence-corrected chi connectivity index (χ0v) is 10.1. The number of nitrogen functional groups attached to an aromatic ring is 1. The van der Waals surface area contributed by atoms with Crippen LogP contribution in [0.3, 0.4) is 0 Å². The number of hydrogen-bond donors (Lipinski definition) is 2. The van der Waals surface area contributed by atoms with E-state index in [1.54, 1.807) is 13.1 Å². The Morgan fingerprint density at radius 3 is 2.50 bits per heavy atom. The number of amides is 1. The average molecular weight is 221 g/mol. The summed E-state index contributed by atoms with van der Waals surface area (Å²) in [7, 11) is 1.62. The minimum atomic E-state index is -0.103. The number of carbonyl (C=O) groups is 1. The summed E-state index contributed by atoms with van der Waals surface area (Å²) in [5.41, 5.74) is 7.87. The van der Waals surface area contributed by atoms with Crippen LogP contribution < -0.4 is 16.0 Å². The van der Waals surface area contributed by atoms with Crippen molar-refractivity contribution in [1.82, 2.24) is 5.32 Å². The molecule has 0 fully saturated rings. The molecular weight excluding hydrogens is 202 g/mol. The molecule has 16 heavy (non-hydrogen) atoms. The van der Waals surface area contributed by atoms with Crippen LogP contribution in [0.1, 0.15) is 24.2 Å². The molecular formula is C12H19N3O. The van der Waals surface area contributed by atoms with Crippen LogP contribution in [0.25, 0.3) is 0 Å². The van der Waals surface area contributed by atoms with Gasteiger partial charge in [-0.2, -0.15) is 0 Å². The van der Waals surface area contributed by atoms with Crippen molar-refractivity contribution in [1.29, 1.82) is 0 Å². The monoisotopic (exact) mass is 221 g/mol. The Labute approximate surface area is 96.4 Å². The Morgan fingerprint density at radius 1 is 1.38 bits per heavy atom. The van der Waals surface area contributed by atoms with E-state index in [4.69, 9.17) is 5.73 Å². The van der Waals surface area contributed by atoms with Crippen molar-refractivity contribution in [2.45, 2.75) is 13.8 Å². The van der Waals surface area contributed by atoms with Crippen molar-refractivity contribution in [3.05, 3.63) is 23.8 Å². The Kier molecular flexibility index (Phi) is 4.17. The summed E-state index contributed by atoms with van der Waals surface area (Å²) >= 11 is 0. The maximum atomic E-state index is 11.7. The number of nitrogens with two attached hydrogens (primary N) is 1. The van der Waals surface area contributed by atoms with Crippen LogP contribution in [-0.2, 0) is 0 Å². The predicted octanol–water partition coefficient (Wildman–Crippen LogP) is 1.47. The van der Waals surface area contributed by atoms with Gasteiger partial charge in [0.25, 0.3) is 5.91 Å². The van der Waals surface area contributed by atoms with Gasteiger partial charge in [-0.05, 0) is 32.0 Å². The van der Waals surface area contributed by atoms with Gasteiger partial charge in [0, 0.05) is 31.5 Å². The summed E-state index contributed by atoms with van der Waals surface area (Å²) in [6, 6.07) is 5.43. The first-order valence-corrected chi connectivity index (χ1v) is 5.50. The lowest BCUT2D eigenvalue weighted by molar-refractivity contribution is 0.0963. The second-order valence-electron chi connectivity index (χ2n) is 3.53. The number of carbonyl (C=O) groups excluding carboxylic acids is 1. The molecule has 0 bridgehead atoms. The molecule has 4 heteroatoms. The second-order valence-corrected chi connectivity index (χ2v) is 3.53. The molecule has 0 unspecified atom stereocenters. The normalized spacial score (nSPS) is 9.94. The first-order valence-electron chi connectivity index (χ1n) is 5.50. The summed E-state index contributed by atoms with van der Waals surface area (Å²) in [6.07, 6.45) is 0. The molecule has 0 spiro atoms. The fourth-order valence-corrected chi connectivity index (χ4v) is 1.71. The number of nitrogens with zero attached hydrogens (tertiary/aromatic N) is 1. The first kappa shape index (κ1) is 12.4. The zero-order chi connectivity index (χ0) is 12.1. The number of hydrogen-bond acceptors (Lipinski definition) is 3. The highest BCUT2D eigenvalue weighted by Gasteiger charge is 2.13. The molecule has 1 amide bonds. The molecule has 1 aromatic rings. The van der Waals surface area contributed by atoms with Gasteiger partial charge in [-0.15, -0.1) is 0 Å². The molecule has 0 saturated heterocycles. The minimum Gasteiger partial charge on any atom is -0.399 e. The maximum Gasteiger partial charge on any atom is 0.253 e. The van der Waals surface area contributed by atoms with Gasteiger partial charge in [-0.25, -0.2) is 0 Å². The number of anilines is 2. The average Bonchev–Trinajstić information content (AvgIpc) is 2.31. The second kappa shape index (κ2) is 5.39. The van der Waals surface area contributed by atoms with Crippen LogP contribution >= 0.6 is 0 Å². The first-order chi connectivity index (χ1) is 7.63. The molecule has 0 aliphatic rings. The molecule has 88 valence electrons. The van der Waals surface area contributed by atoms with Gasteiger partial charge in [-0.3, -0.25) is 4.79 Å². The van der Waals surface area contributed by atoms with E-state index in [0.717, 1.165) is 18.8 Å². The smallest absolute Gasteiger partial charge is 0.253 e. The zero-order valence-electron chi connectivity index (χ0n) is 10.1. The lowest BCUT2D eigenvalue weighted by Gasteiger charge is -2.23. The van der Waals surface area contributed by atoms with Gasteiger partial charge in [0.05, 0.1) is 5.56 Å². The molecule has 0 aromatic heterocycles. The summed E-state index contributed by atoms with van der Waals surface area (Å²) < 4.78 is 0. The summed E-state index contributed by atoms with van der Waals surface area (Å²) in [5, 5.41) is 2.63. The third kappa shape index (κ3) is 2.45. The molecule has 0 saturated carbocycles. The minimum absolute atomic E-state index is 0.103. The van der Waals surface area contributed by atoms with Gasteiger partial charge in [0.15, 0.2) is 0 Å². The van der Waals surface area contributed by atoms with Crippen LogP contribution in [0.15, 0.2) is 18.2 Å². The lowest BCUT2D eigenvalue weighted by atomic mass is 10.1. The highest BCUT2D eigenvalue weighted by atomic mass is 16.1. The van der Waals surface area contributed by atoms with E-state index in [1.807, 2.05) is 12.1 Å². The quantitative estimate of drug-likeness (QED) is 0.757. The van der Waals surface area contributed by atoms with Crippen LogP contribution in [0, 0.1) is 0 Å². The molecule has 0 heterocycles. The number of benzene rings is 1. The lowest BCUT2D eigenvalue weighted by Crippen LogP contribution is -2.27. The number of rotatable bonds is 4. The van der Waals surface area contributed by atoms with Gasteiger partial charge >= 0.3 is 0 Å². The van der Waals surface area contributed by atoms with Gasteiger partial charge in [0.1, 0.15) is 0 Å². The summed E-state index contributed by atoms with van der Waals surface area (Å²) in [4.78, 5) is 13.9. The SMILES string of the molecule is CCN(CC)c1ccc(N)cc1C(=O)NC. The molecule has 1 rings (SSSR count). The highest BCUT2D eigenvalue weighted by molar-refractivity contribution is 6.00. The van der Waals surface area contributed by atoms with Crippen molar-refractivity contribution in [2.24, 2.45) is 0 Å². The van der Waals surface area contributed by atoms with E-state index in [1.165, 1.54) is 0 Å². The van der Waals surface area contributed by atoms with Crippen molar-refractivity contribution < 1.29 is 4.79 Å². The number of nitrogens with one attached hydrogen (secondary N) is 1.